The van der Waals surface area contributed by atoms with Crippen molar-refractivity contribution < 1.29 is 14.2 Å². The van der Waals surface area contributed by atoms with Gasteiger partial charge in [0.15, 0.2) is 6.29 Å². The maximum Gasteiger partial charge on any atom is 0.199 e. The first-order valence-electron chi connectivity index (χ1n) is 7.09. The lowest BCUT2D eigenvalue weighted by Gasteiger charge is -2.20. The van der Waals surface area contributed by atoms with Crippen molar-refractivity contribution in [3.8, 4) is 0 Å². The van der Waals surface area contributed by atoms with Gasteiger partial charge in [0.1, 0.15) is 0 Å². The van der Waals surface area contributed by atoms with Gasteiger partial charge in [-0.1, -0.05) is 13.8 Å². The molecule has 4 heteroatoms. The first kappa shape index (κ1) is 15.5. The normalized spacial score (nSPS) is 19.2. The van der Waals surface area contributed by atoms with E-state index in [0.29, 0.717) is 0 Å². The molecule has 1 heterocycles. The fourth-order valence-corrected chi connectivity index (χ4v) is 1.75. The summed E-state index contributed by atoms with van der Waals surface area (Å²) in [5.74, 6) is 0. The Bertz CT molecular complexity index is 217. The molecule has 0 aliphatic carbocycles. The van der Waals surface area contributed by atoms with Crippen LogP contribution >= 0.6 is 0 Å². The lowest BCUT2D eigenvalue weighted by Crippen LogP contribution is -2.26. The molecule has 1 rings (SSSR count). The van der Waals surface area contributed by atoms with Crippen molar-refractivity contribution in [1.82, 2.24) is 4.90 Å². The number of nitrogens with zero attached hydrogens (tertiary/aromatic N) is 1. The largest absolute Gasteiger partial charge is 0.473 e. The summed E-state index contributed by atoms with van der Waals surface area (Å²) in [7, 11) is 0. The Balaban J connectivity index is 1.85. The van der Waals surface area contributed by atoms with Gasteiger partial charge < -0.3 is 14.2 Å². The van der Waals surface area contributed by atoms with Crippen LogP contribution in [0.15, 0.2) is 12.3 Å². The molecule has 0 fully saturated rings. The molecule has 0 saturated carbocycles. The lowest BCUT2D eigenvalue weighted by molar-refractivity contribution is -0.116. The monoisotopic (exact) mass is 257 g/mol. The molecule has 0 radical (unpaired) electrons. The van der Waals surface area contributed by atoms with Crippen LogP contribution in [0.2, 0.25) is 0 Å². The topological polar surface area (TPSA) is 30.9 Å². The second-order valence-electron chi connectivity index (χ2n) is 4.43. The predicted molar refractivity (Wildman–Crippen MR) is 72.2 cm³/mol. The number of allylic oxidation sites excluding steroid dienone is 1. The average molecular weight is 257 g/mol. The highest BCUT2D eigenvalue weighted by Gasteiger charge is 2.09. The van der Waals surface area contributed by atoms with Crippen LogP contribution in [-0.4, -0.2) is 44.2 Å². The maximum absolute atomic E-state index is 5.61. The molecule has 0 bridgehead atoms. The van der Waals surface area contributed by atoms with Gasteiger partial charge in [0.2, 0.25) is 0 Å². The van der Waals surface area contributed by atoms with Crippen molar-refractivity contribution in [3.63, 3.8) is 0 Å². The van der Waals surface area contributed by atoms with Gasteiger partial charge in [-0.05, 0) is 38.4 Å². The first-order chi connectivity index (χ1) is 8.86. The zero-order valence-corrected chi connectivity index (χ0v) is 11.8. The van der Waals surface area contributed by atoms with E-state index in [1.54, 1.807) is 6.26 Å². The summed E-state index contributed by atoms with van der Waals surface area (Å²) in [5, 5.41) is 0. The van der Waals surface area contributed by atoms with Crippen LogP contribution in [0.1, 0.15) is 39.5 Å². The minimum atomic E-state index is -0.0356. The molecule has 0 aromatic heterocycles. The first-order valence-corrected chi connectivity index (χ1v) is 7.09. The highest BCUT2D eigenvalue weighted by molar-refractivity contribution is 4.79. The number of unbranched alkanes of at least 4 members (excludes halogenated alkanes) is 1. The number of rotatable bonds is 10. The predicted octanol–water partition coefficient (Wildman–Crippen LogP) is 2.75. The molecular weight excluding hydrogens is 230 g/mol. The Morgan fingerprint density at radius 3 is 2.67 bits per heavy atom. The third-order valence-electron chi connectivity index (χ3n) is 3.05. The van der Waals surface area contributed by atoms with Crippen molar-refractivity contribution >= 4 is 0 Å². The van der Waals surface area contributed by atoms with Crippen molar-refractivity contribution in [1.29, 1.82) is 0 Å². The van der Waals surface area contributed by atoms with Crippen molar-refractivity contribution in [2.24, 2.45) is 0 Å². The van der Waals surface area contributed by atoms with E-state index in [-0.39, 0.29) is 6.29 Å². The Kier molecular flexibility index (Phi) is 8.90. The van der Waals surface area contributed by atoms with Gasteiger partial charge in [0, 0.05) is 13.0 Å². The van der Waals surface area contributed by atoms with Crippen LogP contribution in [-0.2, 0) is 14.2 Å². The molecule has 0 aromatic rings. The smallest absolute Gasteiger partial charge is 0.199 e. The summed E-state index contributed by atoms with van der Waals surface area (Å²) < 4.78 is 16.5. The molecule has 0 aromatic carbocycles. The van der Waals surface area contributed by atoms with Gasteiger partial charge in [-0.3, -0.25) is 4.90 Å². The van der Waals surface area contributed by atoms with Gasteiger partial charge >= 0.3 is 0 Å². The van der Waals surface area contributed by atoms with Crippen molar-refractivity contribution in [2.45, 2.75) is 45.8 Å². The molecule has 18 heavy (non-hydrogen) atoms. The van der Waals surface area contributed by atoms with E-state index in [1.165, 1.54) is 0 Å². The molecule has 106 valence electrons. The van der Waals surface area contributed by atoms with Crippen LogP contribution in [0, 0.1) is 0 Å². The Hall–Kier alpha value is -0.580. The van der Waals surface area contributed by atoms with Gasteiger partial charge in [-0.2, -0.15) is 0 Å². The molecule has 0 N–H and O–H groups in total. The molecule has 0 amide bonds. The number of hydrogen-bond donors (Lipinski definition) is 0. The SMILES string of the molecule is CCN(CC)COCCCCOC1CCC=CO1. The molecule has 4 nitrogen and oxygen atoms in total. The number of hydrogen-bond acceptors (Lipinski definition) is 4. The fourth-order valence-electron chi connectivity index (χ4n) is 1.75. The molecule has 1 aliphatic heterocycles. The van der Waals surface area contributed by atoms with Gasteiger partial charge in [-0.15, -0.1) is 0 Å². The minimum Gasteiger partial charge on any atom is -0.473 e. The summed E-state index contributed by atoms with van der Waals surface area (Å²) in [6.07, 6.45) is 7.83. The van der Waals surface area contributed by atoms with E-state index in [1.807, 2.05) is 6.08 Å². The third kappa shape index (κ3) is 6.99. The van der Waals surface area contributed by atoms with Crippen molar-refractivity contribution in [2.75, 3.05) is 33.0 Å². The highest BCUT2D eigenvalue weighted by Crippen LogP contribution is 2.11. The number of ether oxygens (including phenoxy) is 3. The van der Waals surface area contributed by atoms with E-state index < -0.39 is 0 Å². The van der Waals surface area contributed by atoms with E-state index in [0.717, 1.165) is 58.7 Å². The van der Waals surface area contributed by atoms with E-state index >= 15 is 0 Å². The Morgan fingerprint density at radius 2 is 2.00 bits per heavy atom. The van der Waals surface area contributed by atoms with Crippen LogP contribution in [0.25, 0.3) is 0 Å². The molecule has 1 atom stereocenters. The standard InChI is InChI=1S/C14H27NO3/c1-3-15(4-2)13-16-10-7-8-12-18-14-9-5-6-11-17-14/h6,11,14H,3-5,7-10,12-13H2,1-2H3. The summed E-state index contributed by atoms with van der Waals surface area (Å²) in [5.41, 5.74) is 0. The Labute approximate surface area is 111 Å². The minimum absolute atomic E-state index is 0.0356. The second kappa shape index (κ2) is 10.4. The zero-order valence-electron chi connectivity index (χ0n) is 11.8. The molecule has 0 saturated heterocycles. The van der Waals surface area contributed by atoms with Crippen LogP contribution in [0.3, 0.4) is 0 Å². The molecule has 1 unspecified atom stereocenters. The summed E-state index contributed by atoms with van der Waals surface area (Å²) in [6, 6.07) is 0. The quantitative estimate of drug-likeness (QED) is 0.445. The van der Waals surface area contributed by atoms with Crippen LogP contribution < -0.4 is 0 Å². The molecular formula is C14H27NO3. The van der Waals surface area contributed by atoms with E-state index in [9.17, 15) is 0 Å². The highest BCUT2D eigenvalue weighted by atomic mass is 16.7. The van der Waals surface area contributed by atoms with E-state index in [4.69, 9.17) is 14.2 Å². The maximum atomic E-state index is 5.61. The van der Waals surface area contributed by atoms with Gasteiger partial charge in [-0.25, -0.2) is 0 Å². The van der Waals surface area contributed by atoms with Crippen LogP contribution in [0.5, 0.6) is 0 Å². The summed E-state index contributed by atoms with van der Waals surface area (Å²) >= 11 is 0. The summed E-state index contributed by atoms with van der Waals surface area (Å²) in [6.45, 7) is 8.71. The van der Waals surface area contributed by atoms with Crippen molar-refractivity contribution in [3.05, 3.63) is 12.3 Å². The summed E-state index contributed by atoms with van der Waals surface area (Å²) in [4.78, 5) is 2.26. The fraction of sp³-hybridized carbons (Fsp3) is 0.857. The Morgan fingerprint density at radius 1 is 1.22 bits per heavy atom. The lowest BCUT2D eigenvalue weighted by atomic mass is 10.2. The molecule has 1 aliphatic rings. The zero-order chi connectivity index (χ0) is 13.1. The molecule has 0 spiro atoms. The van der Waals surface area contributed by atoms with E-state index in [2.05, 4.69) is 18.7 Å². The van der Waals surface area contributed by atoms with Gasteiger partial charge in [0.05, 0.1) is 19.6 Å². The second-order valence-corrected chi connectivity index (χ2v) is 4.43. The van der Waals surface area contributed by atoms with Crippen LogP contribution in [0.4, 0.5) is 0 Å². The third-order valence-corrected chi connectivity index (χ3v) is 3.05. The van der Waals surface area contributed by atoms with Gasteiger partial charge in [0.25, 0.3) is 0 Å². The average Bonchev–Trinajstić information content (AvgIpc) is 2.43.